The SMILES string of the molecule is Clc1ccc(C(Cl)c2cccc(Br)c2)cc1Cl. The van der Waals surface area contributed by atoms with Crippen LogP contribution in [0.15, 0.2) is 46.9 Å². The second kappa shape index (κ2) is 5.62. The minimum atomic E-state index is -0.234. The van der Waals surface area contributed by atoms with Crippen LogP contribution in [0.25, 0.3) is 0 Å². The third-order valence-electron chi connectivity index (χ3n) is 2.38. The second-order valence-corrected chi connectivity index (χ2v) is 5.76. The Labute approximate surface area is 124 Å². The fourth-order valence-electron chi connectivity index (χ4n) is 1.53. The summed E-state index contributed by atoms with van der Waals surface area (Å²) in [5, 5.41) is 0.820. The molecule has 0 heterocycles. The average Bonchev–Trinajstić information content (AvgIpc) is 2.32. The Morgan fingerprint density at radius 2 is 1.59 bits per heavy atom. The van der Waals surface area contributed by atoms with Crippen LogP contribution in [0.4, 0.5) is 0 Å². The molecule has 1 unspecified atom stereocenters. The van der Waals surface area contributed by atoms with Gasteiger partial charge in [0.2, 0.25) is 0 Å². The predicted octanol–water partition coefficient (Wildman–Crippen LogP) is 6.08. The number of hydrogen-bond donors (Lipinski definition) is 0. The predicted molar refractivity (Wildman–Crippen MR) is 78.3 cm³/mol. The number of benzene rings is 2. The van der Waals surface area contributed by atoms with Gasteiger partial charge in [0.25, 0.3) is 0 Å². The quantitative estimate of drug-likeness (QED) is 0.575. The van der Waals surface area contributed by atoms with E-state index in [4.69, 9.17) is 34.8 Å². The van der Waals surface area contributed by atoms with Crippen LogP contribution in [0, 0.1) is 0 Å². The monoisotopic (exact) mass is 348 g/mol. The minimum Gasteiger partial charge on any atom is -0.113 e. The maximum absolute atomic E-state index is 6.41. The maximum Gasteiger partial charge on any atom is 0.0836 e. The van der Waals surface area contributed by atoms with E-state index in [0.717, 1.165) is 15.6 Å². The van der Waals surface area contributed by atoms with E-state index in [0.29, 0.717) is 10.0 Å². The highest BCUT2D eigenvalue weighted by atomic mass is 79.9. The molecule has 17 heavy (non-hydrogen) atoms. The zero-order valence-corrected chi connectivity index (χ0v) is 12.5. The first-order chi connectivity index (χ1) is 8.08. The molecule has 88 valence electrons. The van der Waals surface area contributed by atoms with Gasteiger partial charge in [0.05, 0.1) is 15.4 Å². The van der Waals surface area contributed by atoms with E-state index in [1.807, 2.05) is 30.3 Å². The zero-order chi connectivity index (χ0) is 12.4. The maximum atomic E-state index is 6.41. The van der Waals surface area contributed by atoms with Gasteiger partial charge in [-0.2, -0.15) is 0 Å². The van der Waals surface area contributed by atoms with Crippen molar-refractivity contribution >= 4 is 50.7 Å². The molecule has 0 aliphatic carbocycles. The van der Waals surface area contributed by atoms with Gasteiger partial charge < -0.3 is 0 Å². The zero-order valence-electron chi connectivity index (χ0n) is 8.63. The van der Waals surface area contributed by atoms with Crippen molar-refractivity contribution in [2.75, 3.05) is 0 Å². The van der Waals surface area contributed by atoms with Crippen LogP contribution in [-0.4, -0.2) is 0 Å². The van der Waals surface area contributed by atoms with Gasteiger partial charge in [-0.25, -0.2) is 0 Å². The van der Waals surface area contributed by atoms with Crippen LogP contribution in [-0.2, 0) is 0 Å². The number of rotatable bonds is 2. The highest BCUT2D eigenvalue weighted by Gasteiger charge is 2.12. The van der Waals surface area contributed by atoms with Crippen molar-refractivity contribution in [3.63, 3.8) is 0 Å². The van der Waals surface area contributed by atoms with Crippen molar-refractivity contribution in [2.24, 2.45) is 0 Å². The molecule has 1 atom stereocenters. The summed E-state index contributed by atoms with van der Waals surface area (Å²) in [6.45, 7) is 0. The van der Waals surface area contributed by atoms with E-state index in [9.17, 15) is 0 Å². The molecule has 0 aromatic heterocycles. The number of alkyl halides is 1. The van der Waals surface area contributed by atoms with Crippen LogP contribution in [0.2, 0.25) is 10.0 Å². The van der Waals surface area contributed by atoms with Gasteiger partial charge in [-0.3, -0.25) is 0 Å². The molecule has 2 aromatic rings. The summed E-state index contributed by atoms with van der Waals surface area (Å²) in [5.41, 5.74) is 1.94. The third kappa shape index (κ3) is 3.17. The van der Waals surface area contributed by atoms with Crippen LogP contribution in [0.1, 0.15) is 16.5 Å². The van der Waals surface area contributed by atoms with Gasteiger partial charge in [-0.1, -0.05) is 57.3 Å². The minimum absolute atomic E-state index is 0.234. The Hall–Kier alpha value is -0.210. The largest absolute Gasteiger partial charge is 0.113 e. The van der Waals surface area contributed by atoms with Crippen molar-refractivity contribution < 1.29 is 0 Å². The molecule has 0 aliphatic heterocycles. The summed E-state index contributed by atoms with van der Waals surface area (Å²) < 4.78 is 1.00. The van der Waals surface area contributed by atoms with Gasteiger partial charge in [-0.15, -0.1) is 11.6 Å². The molecule has 0 radical (unpaired) electrons. The summed E-state index contributed by atoms with van der Waals surface area (Å²) in [5.74, 6) is 0. The smallest absolute Gasteiger partial charge is 0.0836 e. The van der Waals surface area contributed by atoms with Gasteiger partial charge in [0.15, 0.2) is 0 Å². The lowest BCUT2D eigenvalue weighted by Crippen LogP contribution is -1.93. The Morgan fingerprint density at radius 3 is 2.24 bits per heavy atom. The van der Waals surface area contributed by atoms with Crippen LogP contribution in [0.3, 0.4) is 0 Å². The molecule has 0 saturated carbocycles. The fourth-order valence-corrected chi connectivity index (χ4v) is 2.52. The molecular weight excluding hydrogens is 342 g/mol. The molecule has 0 N–H and O–H groups in total. The third-order valence-corrected chi connectivity index (χ3v) is 4.11. The van der Waals surface area contributed by atoms with Crippen LogP contribution < -0.4 is 0 Å². The Bertz CT molecular complexity index is 540. The van der Waals surface area contributed by atoms with Crippen molar-refractivity contribution in [2.45, 2.75) is 5.38 Å². The van der Waals surface area contributed by atoms with E-state index in [2.05, 4.69) is 15.9 Å². The molecule has 0 spiro atoms. The lowest BCUT2D eigenvalue weighted by atomic mass is 10.0. The molecule has 4 heteroatoms. The second-order valence-electron chi connectivity index (χ2n) is 3.59. The van der Waals surface area contributed by atoms with Gasteiger partial charge in [0, 0.05) is 4.47 Å². The van der Waals surface area contributed by atoms with Crippen molar-refractivity contribution in [3.8, 4) is 0 Å². The summed E-state index contributed by atoms with van der Waals surface area (Å²) in [6.07, 6.45) is 0. The standard InChI is InChI=1S/C13H8BrCl3/c14-10-3-1-2-8(6-10)13(17)9-4-5-11(15)12(16)7-9/h1-7,13H. The summed E-state index contributed by atoms with van der Waals surface area (Å²) in [7, 11) is 0. The highest BCUT2D eigenvalue weighted by Crippen LogP contribution is 2.33. The fraction of sp³-hybridized carbons (Fsp3) is 0.0769. The topological polar surface area (TPSA) is 0 Å². The molecule has 0 nitrogen and oxygen atoms in total. The lowest BCUT2D eigenvalue weighted by molar-refractivity contribution is 1.14. The Morgan fingerprint density at radius 1 is 0.882 bits per heavy atom. The average molecular weight is 350 g/mol. The lowest BCUT2D eigenvalue weighted by Gasteiger charge is -2.11. The van der Waals surface area contributed by atoms with Gasteiger partial charge in [0.1, 0.15) is 0 Å². The van der Waals surface area contributed by atoms with Crippen LogP contribution in [0.5, 0.6) is 0 Å². The number of halogens is 4. The molecule has 0 saturated heterocycles. The molecule has 0 bridgehead atoms. The Kier molecular flexibility index (Phi) is 4.37. The molecule has 2 rings (SSSR count). The van der Waals surface area contributed by atoms with E-state index >= 15 is 0 Å². The summed E-state index contributed by atoms with van der Waals surface area (Å²) in [6, 6.07) is 13.3. The molecular formula is C13H8BrCl3. The van der Waals surface area contributed by atoms with Crippen LogP contribution >= 0.6 is 50.7 Å². The number of hydrogen-bond acceptors (Lipinski definition) is 0. The normalized spacial score (nSPS) is 12.5. The van der Waals surface area contributed by atoms with Crippen molar-refractivity contribution in [1.82, 2.24) is 0 Å². The van der Waals surface area contributed by atoms with E-state index in [-0.39, 0.29) is 5.38 Å². The summed E-state index contributed by atoms with van der Waals surface area (Å²) in [4.78, 5) is 0. The summed E-state index contributed by atoms with van der Waals surface area (Å²) >= 11 is 21.7. The molecule has 0 aliphatic rings. The van der Waals surface area contributed by atoms with Gasteiger partial charge >= 0.3 is 0 Å². The molecule has 2 aromatic carbocycles. The first-order valence-corrected chi connectivity index (χ1v) is 6.91. The Balaban J connectivity index is 2.36. The highest BCUT2D eigenvalue weighted by molar-refractivity contribution is 9.10. The first kappa shape index (κ1) is 13.2. The van der Waals surface area contributed by atoms with E-state index in [1.165, 1.54) is 0 Å². The van der Waals surface area contributed by atoms with Gasteiger partial charge in [-0.05, 0) is 35.4 Å². The van der Waals surface area contributed by atoms with Crippen molar-refractivity contribution in [1.29, 1.82) is 0 Å². The van der Waals surface area contributed by atoms with E-state index in [1.54, 1.807) is 12.1 Å². The van der Waals surface area contributed by atoms with Crippen molar-refractivity contribution in [3.05, 3.63) is 68.1 Å². The van der Waals surface area contributed by atoms with E-state index < -0.39 is 0 Å². The molecule has 0 amide bonds. The molecule has 0 fully saturated rings. The first-order valence-electron chi connectivity index (χ1n) is 4.92.